The molecule has 1 aromatic heterocycles. The van der Waals surface area contributed by atoms with Crippen molar-refractivity contribution < 1.29 is 0 Å². The minimum Gasteiger partial charge on any atom is -0.318 e. The maximum atomic E-state index is 11.2. The van der Waals surface area contributed by atoms with Gasteiger partial charge in [-0.1, -0.05) is 6.08 Å². The zero-order valence-corrected chi connectivity index (χ0v) is 9.51. The highest BCUT2D eigenvalue weighted by molar-refractivity contribution is 5.85. The molecule has 2 rings (SSSR count). The highest BCUT2D eigenvalue weighted by atomic mass is 35.5. The first-order valence-corrected chi connectivity index (χ1v) is 4.84. The smallest absolute Gasteiger partial charge is 0.250 e. The number of nitrogens with zero attached hydrogens (tertiary/aromatic N) is 1. The topological polar surface area (TPSA) is 34.0 Å². The highest BCUT2D eigenvalue weighted by Gasteiger charge is 2.05. The summed E-state index contributed by atoms with van der Waals surface area (Å²) in [6, 6.07) is 3.53. The third-order valence-electron chi connectivity index (χ3n) is 2.52. The van der Waals surface area contributed by atoms with Gasteiger partial charge in [0.1, 0.15) is 0 Å². The molecule has 1 aromatic rings. The second-order valence-electron chi connectivity index (χ2n) is 3.55. The summed E-state index contributed by atoms with van der Waals surface area (Å²) in [5, 5.41) is 3.27. The lowest BCUT2D eigenvalue weighted by Gasteiger charge is -2.14. The van der Waals surface area contributed by atoms with Crippen molar-refractivity contribution in [1.82, 2.24) is 9.88 Å². The molecule has 0 bridgehead atoms. The second kappa shape index (κ2) is 5.14. The fourth-order valence-electron chi connectivity index (χ4n) is 1.67. The highest BCUT2D eigenvalue weighted by Crippen LogP contribution is 2.17. The third-order valence-corrected chi connectivity index (χ3v) is 2.52. The van der Waals surface area contributed by atoms with Crippen molar-refractivity contribution in [2.24, 2.45) is 7.05 Å². The monoisotopic (exact) mass is 226 g/mol. The number of aryl methyl sites for hydroxylation is 1. The molecule has 15 heavy (non-hydrogen) atoms. The lowest BCUT2D eigenvalue weighted by molar-refractivity contribution is 0.737. The summed E-state index contributed by atoms with van der Waals surface area (Å²) in [6.45, 7) is 1.95. The molecule has 1 N–H and O–H groups in total. The van der Waals surface area contributed by atoms with E-state index in [1.165, 1.54) is 5.57 Å². The van der Waals surface area contributed by atoms with Crippen molar-refractivity contribution in [3.63, 3.8) is 0 Å². The van der Waals surface area contributed by atoms with Crippen molar-refractivity contribution in [2.45, 2.75) is 6.42 Å². The van der Waals surface area contributed by atoms with Crippen LogP contribution in [-0.2, 0) is 7.05 Å². The van der Waals surface area contributed by atoms with E-state index >= 15 is 0 Å². The van der Waals surface area contributed by atoms with Crippen LogP contribution in [0.25, 0.3) is 5.57 Å². The standard InChI is InChI=1S/C11H14N2O.ClH/c1-13-8-10(2-3-11(13)14)9-4-6-12-7-5-9;/h2-4,8,12H,5-7H2,1H3;1H. The summed E-state index contributed by atoms with van der Waals surface area (Å²) < 4.78 is 1.62. The first-order chi connectivity index (χ1) is 6.77. The van der Waals surface area contributed by atoms with E-state index < -0.39 is 0 Å². The van der Waals surface area contributed by atoms with Crippen LogP contribution < -0.4 is 10.9 Å². The van der Waals surface area contributed by atoms with Crippen molar-refractivity contribution in [3.05, 3.63) is 40.3 Å². The van der Waals surface area contributed by atoms with Crippen LogP contribution >= 0.6 is 12.4 Å². The molecule has 0 unspecified atom stereocenters. The van der Waals surface area contributed by atoms with Gasteiger partial charge in [-0.05, 0) is 30.2 Å². The molecular weight excluding hydrogens is 212 g/mol. The predicted octanol–water partition coefficient (Wildman–Crippen LogP) is 1.18. The van der Waals surface area contributed by atoms with E-state index in [1.807, 2.05) is 12.3 Å². The molecule has 0 radical (unpaired) electrons. The van der Waals surface area contributed by atoms with Crippen LogP contribution in [0.1, 0.15) is 12.0 Å². The molecule has 1 aliphatic heterocycles. The average Bonchev–Trinajstić information content (AvgIpc) is 2.23. The number of pyridine rings is 1. The molecule has 0 aliphatic carbocycles. The van der Waals surface area contributed by atoms with Gasteiger partial charge >= 0.3 is 0 Å². The molecule has 0 spiro atoms. The Kier molecular flexibility index (Phi) is 4.12. The first kappa shape index (κ1) is 12.0. The van der Waals surface area contributed by atoms with E-state index in [9.17, 15) is 4.79 Å². The number of hydrogen-bond donors (Lipinski definition) is 1. The van der Waals surface area contributed by atoms with Crippen LogP contribution in [0.5, 0.6) is 0 Å². The molecule has 2 heterocycles. The van der Waals surface area contributed by atoms with E-state index in [4.69, 9.17) is 0 Å². The van der Waals surface area contributed by atoms with Crippen LogP contribution in [-0.4, -0.2) is 17.7 Å². The SMILES string of the molecule is Cl.Cn1cc(C2=CCNCC2)ccc1=O. The second-order valence-corrected chi connectivity index (χ2v) is 3.55. The van der Waals surface area contributed by atoms with Gasteiger partial charge in [0.15, 0.2) is 0 Å². The van der Waals surface area contributed by atoms with Crippen LogP contribution in [0.15, 0.2) is 29.2 Å². The van der Waals surface area contributed by atoms with Crippen LogP contribution in [0, 0.1) is 0 Å². The average molecular weight is 227 g/mol. The Labute approximate surface area is 95.2 Å². The minimum atomic E-state index is 0. The lowest BCUT2D eigenvalue weighted by atomic mass is 10.0. The van der Waals surface area contributed by atoms with E-state index in [0.717, 1.165) is 25.1 Å². The molecule has 0 saturated carbocycles. The Morgan fingerprint density at radius 1 is 1.40 bits per heavy atom. The number of hydrogen-bond acceptors (Lipinski definition) is 2. The summed E-state index contributed by atoms with van der Waals surface area (Å²) in [7, 11) is 1.79. The molecule has 0 fully saturated rings. The van der Waals surface area contributed by atoms with Gasteiger partial charge in [0.2, 0.25) is 5.56 Å². The number of nitrogens with one attached hydrogen (secondary N) is 1. The van der Waals surface area contributed by atoms with Gasteiger partial charge in [-0.15, -0.1) is 12.4 Å². The van der Waals surface area contributed by atoms with Crippen LogP contribution in [0.3, 0.4) is 0 Å². The van der Waals surface area contributed by atoms with Gasteiger partial charge in [0.25, 0.3) is 0 Å². The summed E-state index contributed by atoms with van der Waals surface area (Å²) in [6.07, 6.45) is 5.13. The van der Waals surface area contributed by atoms with Crippen LogP contribution in [0.4, 0.5) is 0 Å². The Hall–Kier alpha value is -1.06. The van der Waals surface area contributed by atoms with Gasteiger partial charge in [-0.3, -0.25) is 4.79 Å². The third kappa shape index (κ3) is 2.70. The number of aromatic nitrogens is 1. The Morgan fingerprint density at radius 2 is 2.20 bits per heavy atom. The molecule has 0 aromatic carbocycles. The summed E-state index contributed by atoms with van der Waals surface area (Å²) in [5.41, 5.74) is 2.54. The maximum Gasteiger partial charge on any atom is 0.250 e. The van der Waals surface area contributed by atoms with E-state index in [0.29, 0.717) is 0 Å². The quantitative estimate of drug-likeness (QED) is 0.781. The zero-order chi connectivity index (χ0) is 9.97. The summed E-state index contributed by atoms with van der Waals surface area (Å²) in [4.78, 5) is 11.2. The molecule has 1 aliphatic rings. The lowest BCUT2D eigenvalue weighted by Crippen LogP contribution is -2.21. The number of rotatable bonds is 1. The molecule has 3 nitrogen and oxygen atoms in total. The zero-order valence-electron chi connectivity index (χ0n) is 8.69. The normalized spacial score (nSPS) is 15.4. The molecule has 0 saturated heterocycles. The van der Waals surface area contributed by atoms with E-state index in [-0.39, 0.29) is 18.0 Å². The first-order valence-electron chi connectivity index (χ1n) is 4.84. The fraction of sp³-hybridized carbons (Fsp3) is 0.364. The van der Waals surface area contributed by atoms with Crippen LogP contribution in [0.2, 0.25) is 0 Å². The van der Waals surface area contributed by atoms with E-state index in [1.54, 1.807) is 17.7 Å². The van der Waals surface area contributed by atoms with Crippen molar-refractivity contribution in [3.8, 4) is 0 Å². The van der Waals surface area contributed by atoms with Crippen molar-refractivity contribution in [2.75, 3.05) is 13.1 Å². The molecule has 4 heteroatoms. The van der Waals surface area contributed by atoms with E-state index in [2.05, 4.69) is 11.4 Å². The summed E-state index contributed by atoms with van der Waals surface area (Å²) >= 11 is 0. The Morgan fingerprint density at radius 3 is 2.80 bits per heavy atom. The van der Waals surface area contributed by atoms with Gasteiger partial charge in [-0.25, -0.2) is 0 Å². The van der Waals surface area contributed by atoms with Crippen molar-refractivity contribution >= 4 is 18.0 Å². The maximum absolute atomic E-state index is 11.2. The van der Waals surface area contributed by atoms with Crippen molar-refractivity contribution in [1.29, 1.82) is 0 Å². The summed E-state index contributed by atoms with van der Waals surface area (Å²) in [5.74, 6) is 0. The predicted molar refractivity (Wildman–Crippen MR) is 64.4 cm³/mol. The molecular formula is C11H15ClN2O. The fourth-order valence-corrected chi connectivity index (χ4v) is 1.67. The van der Waals surface area contributed by atoms with Gasteiger partial charge in [0, 0.05) is 25.9 Å². The molecule has 0 amide bonds. The van der Waals surface area contributed by atoms with Gasteiger partial charge < -0.3 is 9.88 Å². The van der Waals surface area contributed by atoms with Gasteiger partial charge in [0.05, 0.1) is 0 Å². The molecule has 0 atom stereocenters. The minimum absolute atomic E-state index is 0. The Balaban J connectivity index is 0.00000112. The number of halogens is 1. The van der Waals surface area contributed by atoms with Gasteiger partial charge in [-0.2, -0.15) is 0 Å². The largest absolute Gasteiger partial charge is 0.318 e. The Bertz CT molecular complexity index is 423. The molecule has 82 valence electrons.